The molecular formula is C17H21N2O4P. The Hall–Kier alpha value is -1.81. The molecule has 0 radical (unpaired) electrons. The van der Waals surface area contributed by atoms with Gasteiger partial charge in [0.1, 0.15) is 0 Å². The molecule has 2 rings (SSSR count). The summed E-state index contributed by atoms with van der Waals surface area (Å²) >= 11 is 0. The number of benzene rings is 1. The first kappa shape index (κ1) is 18.5. The van der Waals surface area contributed by atoms with Gasteiger partial charge in [-0.05, 0) is 37.1 Å². The third kappa shape index (κ3) is 3.48. The maximum absolute atomic E-state index is 13.1. The Morgan fingerprint density at radius 3 is 2.00 bits per heavy atom. The summed E-state index contributed by atoms with van der Waals surface area (Å²) in [7, 11) is -2.38. The lowest BCUT2D eigenvalue weighted by Gasteiger charge is -2.24. The minimum atomic E-state index is -3.82. The van der Waals surface area contributed by atoms with Gasteiger partial charge in [-0.3, -0.25) is 0 Å². The van der Waals surface area contributed by atoms with Gasteiger partial charge in [-0.15, -0.1) is 0 Å². The third-order valence-corrected chi connectivity index (χ3v) is 5.81. The Labute approximate surface area is 141 Å². The second kappa shape index (κ2) is 7.84. The quantitative estimate of drug-likeness (QED) is 0.323. The van der Waals surface area contributed by atoms with Gasteiger partial charge in [-0.1, -0.05) is 36.4 Å². The van der Waals surface area contributed by atoms with Gasteiger partial charge >= 0.3 is 13.0 Å². The maximum atomic E-state index is 13.1. The van der Waals surface area contributed by atoms with Crippen molar-refractivity contribution in [3.05, 3.63) is 53.1 Å². The lowest BCUT2D eigenvalue weighted by atomic mass is 10.0. The summed E-state index contributed by atoms with van der Waals surface area (Å²) < 4.78 is 29.3. The summed E-state index contributed by atoms with van der Waals surface area (Å²) in [5, 5.41) is 0. The van der Waals surface area contributed by atoms with E-state index < -0.39 is 13.2 Å². The summed E-state index contributed by atoms with van der Waals surface area (Å²) in [5.41, 5.74) is 9.96. The van der Waals surface area contributed by atoms with E-state index in [-0.39, 0.29) is 18.7 Å². The summed E-state index contributed by atoms with van der Waals surface area (Å²) in [6.07, 6.45) is 7.00. The van der Waals surface area contributed by atoms with Crippen LogP contribution in [0.5, 0.6) is 0 Å². The van der Waals surface area contributed by atoms with E-state index in [0.717, 1.165) is 11.1 Å². The Morgan fingerprint density at radius 1 is 1.12 bits per heavy atom. The first-order valence-electron chi connectivity index (χ1n) is 7.70. The van der Waals surface area contributed by atoms with Gasteiger partial charge in [0, 0.05) is 7.11 Å². The van der Waals surface area contributed by atoms with Crippen molar-refractivity contribution in [3.8, 4) is 0 Å². The summed E-state index contributed by atoms with van der Waals surface area (Å²) in [5.74, 6) is 0. The smallest absolute Gasteiger partial charge is 0.361 e. The van der Waals surface area contributed by atoms with Crippen molar-refractivity contribution in [1.82, 2.24) is 0 Å². The first-order valence-corrected chi connectivity index (χ1v) is 9.24. The van der Waals surface area contributed by atoms with E-state index in [1.165, 1.54) is 7.11 Å². The molecule has 0 atom stereocenters. The zero-order chi connectivity index (χ0) is 17.6. The van der Waals surface area contributed by atoms with Crippen LogP contribution in [0.15, 0.2) is 36.4 Å². The van der Waals surface area contributed by atoms with Gasteiger partial charge < -0.3 is 19.3 Å². The first-order chi connectivity index (χ1) is 11.5. The van der Waals surface area contributed by atoms with E-state index in [1.807, 2.05) is 36.4 Å². The largest absolute Gasteiger partial charge is 0.441 e. The summed E-state index contributed by atoms with van der Waals surface area (Å²) in [6, 6.07) is 7.73. The van der Waals surface area contributed by atoms with Crippen molar-refractivity contribution in [3.63, 3.8) is 0 Å². The Bertz CT molecular complexity index is 708. The molecule has 1 aromatic carbocycles. The van der Waals surface area contributed by atoms with Crippen LogP contribution < -0.4 is 0 Å². The van der Waals surface area contributed by atoms with Crippen molar-refractivity contribution in [1.29, 1.82) is 0 Å². The van der Waals surface area contributed by atoms with Gasteiger partial charge in [0.2, 0.25) is 5.60 Å². The van der Waals surface area contributed by atoms with Crippen LogP contribution in [0.25, 0.3) is 17.7 Å². The Kier molecular flexibility index (Phi) is 6.05. The highest BCUT2D eigenvalue weighted by Gasteiger charge is 2.54. The molecule has 1 aliphatic carbocycles. The molecule has 0 heterocycles. The Balaban J connectivity index is 2.57. The van der Waals surface area contributed by atoms with Crippen LogP contribution in [0.1, 0.15) is 25.0 Å². The molecule has 7 heteroatoms. The standard InChI is InChI=1S/C17H21N2O4P/c1-4-22-24(20,23-5-2)16(19-18)17(21-3)12-10-14-8-6-7-9-15(14)11-13-17/h6-13H,4-5H2,1-3H3. The topological polar surface area (TPSA) is 81.2 Å². The number of ether oxygens (including phenoxy) is 1. The highest BCUT2D eigenvalue weighted by atomic mass is 31.2. The lowest BCUT2D eigenvalue weighted by molar-refractivity contribution is -0.0277. The third-order valence-electron chi connectivity index (χ3n) is 3.66. The van der Waals surface area contributed by atoms with Crippen LogP contribution in [0.4, 0.5) is 0 Å². The predicted molar refractivity (Wildman–Crippen MR) is 93.7 cm³/mol. The fourth-order valence-corrected chi connectivity index (χ4v) is 4.30. The van der Waals surface area contributed by atoms with Gasteiger partial charge in [0.15, 0.2) is 0 Å². The predicted octanol–water partition coefficient (Wildman–Crippen LogP) is 4.01. The molecule has 0 bridgehead atoms. The average molecular weight is 348 g/mol. The second-order valence-electron chi connectivity index (χ2n) is 5.05. The molecule has 128 valence electrons. The van der Waals surface area contributed by atoms with Crippen molar-refractivity contribution < 1.29 is 23.1 Å². The van der Waals surface area contributed by atoms with Gasteiger partial charge in [-0.25, -0.2) is 4.57 Å². The average Bonchev–Trinajstić information content (AvgIpc) is 2.77. The zero-order valence-electron chi connectivity index (χ0n) is 14.0. The molecule has 0 N–H and O–H groups in total. The number of hydrogen-bond donors (Lipinski definition) is 0. The van der Waals surface area contributed by atoms with Gasteiger partial charge in [-0.2, -0.15) is 4.79 Å². The lowest BCUT2D eigenvalue weighted by Crippen LogP contribution is -2.38. The number of methoxy groups -OCH3 is 1. The highest BCUT2D eigenvalue weighted by molar-refractivity contribution is 7.72. The van der Waals surface area contributed by atoms with Crippen LogP contribution in [-0.2, 0) is 18.3 Å². The minimum absolute atomic E-state index is 0.143. The Morgan fingerprint density at radius 2 is 1.62 bits per heavy atom. The molecular weight excluding hydrogens is 327 g/mol. The second-order valence-corrected chi connectivity index (χ2v) is 6.98. The fraction of sp³-hybridized carbons (Fsp3) is 0.353. The van der Waals surface area contributed by atoms with E-state index in [9.17, 15) is 10.1 Å². The SMILES string of the molecule is CCOP(=O)(OCC)C(=[N+]=[N-])C1(OC)C=Cc2ccccc2C=C1. The van der Waals surface area contributed by atoms with E-state index in [1.54, 1.807) is 26.0 Å². The van der Waals surface area contributed by atoms with Crippen molar-refractivity contribution >= 4 is 25.2 Å². The van der Waals surface area contributed by atoms with E-state index in [2.05, 4.69) is 4.79 Å². The van der Waals surface area contributed by atoms with Crippen molar-refractivity contribution in [2.75, 3.05) is 20.3 Å². The zero-order valence-corrected chi connectivity index (χ0v) is 14.9. The van der Waals surface area contributed by atoms with Crippen molar-refractivity contribution in [2.45, 2.75) is 19.4 Å². The van der Waals surface area contributed by atoms with Crippen LogP contribution in [0.2, 0.25) is 0 Å². The van der Waals surface area contributed by atoms with Crippen LogP contribution in [0.3, 0.4) is 0 Å². The molecule has 0 amide bonds. The maximum Gasteiger partial charge on any atom is 0.441 e. The minimum Gasteiger partial charge on any atom is -0.361 e. The van der Waals surface area contributed by atoms with Crippen LogP contribution in [0, 0.1) is 0 Å². The number of fused-ring (bicyclic) bond motifs is 1. The van der Waals surface area contributed by atoms with Gasteiger partial charge in [0.25, 0.3) is 0 Å². The number of nitrogens with zero attached hydrogens (tertiary/aromatic N) is 2. The van der Waals surface area contributed by atoms with Crippen molar-refractivity contribution in [2.24, 2.45) is 0 Å². The normalized spacial score (nSPS) is 15.5. The highest BCUT2D eigenvalue weighted by Crippen LogP contribution is 2.53. The number of rotatable bonds is 7. The van der Waals surface area contributed by atoms with Crippen LogP contribution in [-0.4, -0.2) is 36.2 Å². The molecule has 0 spiro atoms. The van der Waals surface area contributed by atoms with Crippen LogP contribution >= 0.6 is 7.60 Å². The molecule has 0 fully saturated rings. The molecule has 0 saturated heterocycles. The molecule has 1 aromatic rings. The molecule has 0 aliphatic heterocycles. The van der Waals surface area contributed by atoms with E-state index in [0.29, 0.717) is 0 Å². The molecule has 6 nitrogen and oxygen atoms in total. The summed E-state index contributed by atoms with van der Waals surface area (Å²) in [6.45, 7) is 3.66. The fourth-order valence-electron chi connectivity index (χ4n) is 2.52. The monoisotopic (exact) mass is 348 g/mol. The molecule has 24 heavy (non-hydrogen) atoms. The summed E-state index contributed by atoms with van der Waals surface area (Å²) in [4.78, 5) is 3.24. The molecule has 0 aromatic heterocycles. The molecule has 1 aliphatic rings. The molecule has 0 saturated carbocycles. The van der Waals surface area contributed by atoms with Gasteiger partial charge in [0.05, 0.1) is 13.2 Å². The number of hydrogen-bond acceptors (Lipinski definition) is 4. The molecule has 0 unspecified atom stereocenters. The van der Waals surface area contributed by atoms with E-state index in [4.69, 9.17) is 13.8 Å². The van der Waals surface area contributed by atoms with E-state index >= 15 is 0 Å².